The van der Waals surface area contributed by atoms with E-state index in [1.807, 2.05) is 0 Å². The highest BCUT2D eigenvalue weighted by atomic mass is 32.1. The van der Waals surface area contributed by atoms with Gasteiger partial charge in [0.05, 0.1) is 13.1 Å². The minimum absolute atomic E-state index is 0.0567. The van der Waals surface area contributed by atoms with Crippen molar-refractivity contribution in [3.8, 4) is 0 Å². The smallest absolute Gasteiger partial charge is 0.243 e. The van der Waals surface area contributed by atoms with E-state index in [0.29, 0.717) is 12.2 Å². The van der Waals surface area contributed by atoms with Crippen molar-refractivity contribution in [1.82, 2.24) is 19.4 Å². The normalized spacial score (nSPS) is 16.6. The maximum Gasteiger partial charge on any atom is 0.243 e. The van der Waals surface area contributed by atoms with Gasteiger partial charge in [-0.3, -0.25) is 9.59 Å². The molecule has 2 amide bonds. The molecule has 1 saturated heterocycles. The maximum absolute atomic E-state index is 11.7. The van der Waals surface area contributed by atoms with Crippen molar-refractivity contribution >= 4 is 28.3 Å². The lowest BCUT2D eigenvalue weighted by Gasteiger charge is -2.31. The van der Waals surface area contributed by atoms with Crippen molar-refractivity contribution in [1.29, 1.82) is 0 Å². The zero-order valence-electron chi connectivity index (χ0n) is 9.63. The van der Waals surface area contributed by atoms with Gasteiger partial charge < -0.3 is 15.1 Å². The molecule has 0 aromatic carbocycles. The molecule has 1 aromatic rings. The van der Waals surface area contributed by atoms with Crippen LogP contribution in [0, 0.1) is 0 Å². The number of rotatable bonds is 3. The molecule has 1 fully saturated rings. The van der Waals surface area contributed by atoms with Gasteiger partial charge in [-0.1, -0.05) is 4.49 Å². The first-order valence-corrected chi connectivity index (χ1v) is 5.90. The molecular weight excluding hydrogens is 242 g/mol. The van der Waals surface area contributed by atoms with Crippen molar-refractivity contribution in [2.45, 2.75) is 6.54 Å². The topological polar surface area (TPSA) is 78.4 Å². The van der Waals surface area contributed by atoms with Crippen LogP contribution in [0.25, 0.3) is 0 Å². The zero-order chi connectivity index (χ0) is 12.4. The first-order valence-electron chi connectivity index (χ1n) is 5.12. The SMILES string of the molecule is CNc1snnc1CN1CC(=O)N(C)CC1=O. The Bertz CT molecular complexity index is 446. The molecule has 0 saturated carbocycles. The quantitative estimate of drug-likeness (QED) is 0.779. The number of anilines is 1. The fourth-order valence-electron chi connectivity index (χ4n) is 1.59. The predicted molar refractivity (Wildman–Crippen MR) is 62.5 cm³/mol. The van der Waals surface area contributed by atoms with Gasteiger partial charge in [0.2, 0.25) is 11.8 Å². The van der Waals surface area contributed by atoms with Crippen LogP contribution in [-0.2, 0) is 16.1 Å². The van der Waals surface area contributed by atoms with Gasteiger partial charge in [0.15, 0.2) is 0 Å². The Kier molecular flexibility index (Phi) is 3.23. The van der Waals surface area contributed by atoms with Crippen LogP contribution in [0.15, 0.2) is 0 Å². The van der Waals surface area contributed by atoms with Crippen LogP contribution < -0.4 is 5.32 Å². The van der Waals surface area contributed by atoms with E-state index in [9.17, 15) is 9.59 Å². The van der Waals surface area contributed by atoms with Crippen LogP contribution in [0.4, 0.5) is 5.00 Å². The van der Waals surface area contributed by atoms with Crippen LogP contribution in [0.3, 0.4) is 0 Å². The van der Waals surface area contributed by atoms with Gasteiger partial charge in [-0.05, 0) is 0 Å². The van der Waals surface area contributed by atoms with E-state index in [4.69, 9.17) is 0 Å². The Hall–Kier alpha value is -1.70. The molecule has 2 heterocycles. The number of likely N-dealkylation sites (N-methyl/N-ethyl adjacent to an activating group) is 1. The molecular formula is C9H13N5O2S. The Morgan fingerprint density at radius 2 is 2.12 bits per heavy atom. The lowest BCUT2D eigenvalue weighted by atomic mass is 10.3. The van der Waals surface area contributed by atoms with Gasteiger partial charge in [0.25, 0.3) is 0 Å². The minimum Gasteiger partial charge on any atom is -0.377 e. The summed E-state index contributed by atoms with van der Waals surface area (Å²) < 4.78 is 3.81. The van der Waals surface area contributed by atoms with Crippen molar-refractivity contribution in [2.75, 3.05) is 32.5 Å². The third kappa shape index (κ3) is 2.36. The Labute approximate surface area is 103 Å². The number of piperazine rings is 1. The van der Waals surface area contributed by atoms with Crippen LogP contribution in [-0.4, -0.2) is 58.4 Å². The first-order chi connectivity index (χ1) is 8.11. The summed E-state index contributed by atoms with van der Waals surface area (Å²) in [5, 5.41) is 7.73. The van der Waals surface area contributed by atoms with Gasteiger partial charge in [-0.2, -0.15) is 0 Å². The Morgan fingerprint density at radius 1 is 1.35 bits per heavy atom. The summed E-state index contributed by atoms with van der Waals surface area (Å²) in [5.41, 5.74) is 0.697. The number of amides is 2. The molecule has 17 heavy (non-hydrogen) atoms. The second-order valence-electron chi connectivity index (χ2n) is 3.80. The van der Waals surface area contributed by atoms with Crippen LogP contribution in [0.5, 0.6) is 0 Å². The first kappa shape index (κ1) is 11.8. The summed E-state index contributed by atoms with van der Waals surface area (Å²) in [6.45, 7) is 0.562. The Morgan fingerprint density at radius 3 is 2.82 bits per heavy atom. The molecule has 0 spiro atoms. The molecule has 0 aliphatic carbocycles. The lowest BCUT2D eigenvalue weighted by Crippen LogP contribution is -2.51. The fraction of sp³-hybridized carbons (Fsp3) is 0.556. The lowest BCUT2D eigenvalue weighted by molar-refractivity contribution is -0.149. The predicted octanol–water partition coefficient (Wildman–Crippen LogP) is -0.620. The molecule has 1 N–H and O–H groups in total. The minimum atomic E-state index is -0.0675. The van der Waals surface area contributed by atoms with Gasteiger partial charge in [-0.15, -0.1) is 5.10 Å². The molecule has 1 aromatic heterocycles. The zero-order valence-corrected chi connectivity index (χ0v) is 10.5. The van der Waals surface area contributed by atoms with E-state index in [1.165, 1.54) is 21.3 Å². The highest BCUT2D eigenvalue weighted by Gasteiger charge is 2.28. The average molecular weight is 255 g/mol. The largest absolute Gasteiger partial charge is 0.377 e. The van der Waals surface area contributed by atoms with Gasteiger partial charge in [0, 0.05) is 25.6 Å². The summed E-state index contributed by atoms with van der Waals surface area (Å²) in [4.78, 5) is 26.2. The highest BCUT2D eigenvalue weighted by Crippen LogP contribution is 2.19. The molecule has 0 unspecified atom stereocenters. The second-order valence-corrected chi connectivity index (χ2v) is 4.55. The monoisotopic (exact) mass is 255 g/mol. The van der Waals surface area contributed by atoms with E-state index in [2.05, 4.69) is 14.9 Å². The van der Waals surface area contributed by atoms with Crippen molar-refractivity contribution < 1.29 is 9.59 Å². The summed E-state index contributed by atoms with van der Waals surface area (Å²) in [5.74, 6) is -0.124. The highest BCUT2D eigenvalue weighted by molar-refractivity contribution is 7.10. The van der Waals surface area contributed by atoms with E-state index in [0.717, 1.165) is 5.00 Å². The molecule has 8 heteroatoms. The Balaban J connectivity index is 2.08. The van der Waals surface area contributed by atoms with E-state index in [-0.39, 0.29) is 24.9 Å². The molecule has 2 rings (SSSR count). The third-order valence-electron chi connectivity index (χ3n) is 2.60. The molecule has 0 bridgehead atoms. The van der Waals surface area contributed by atoms with Crippen LogP contribution in [0.2, 0.25) is 0 Å². The number of nitrogens with zero attached hydrogens (tertiary/aromatic N) is 4. The molecule has 1 aliphatic heterocycles. The van der Waals surface area contributed by atoms with Crippen molar-refractivity contribution in [2.24, 2.45) is 0 Å². The van der Waals surface area contributed by atoms with Gasteiger partial charge in [-0.25, -0.2) is 0 Å². The number of carbonyl (C=O) groups is 2. The standard InChI is InChI=1S/C9H13N5O2S/c1-10-9-6(11-12-17-9)3-14-5-7(15)13(2)4-8(14)16/h10H,3-5H2,1-2H3. The summed E-state index contributed by atoms with van der Waals surface area (Å²) >= 11 is 1.24. The molecule has 0 radical (unpaired) electrons. The number of nitrogens with one attached hydrogen (secondary N) is 1. The maximum atomic E-state index is 11.7. The molecule has 0 atom stereocenters. The van der Waals surface area contributed by atoms with Crippen molar-refractivity contribution in [3.05, 3.63) is 5.69 Å². The second kappa shape index (κ2) is 4.66. The average Bonchev–Trinajstić information content (AvgIpc) is 2.73. The van der Waals surface area contributed by atoms with Gasteiger partial charge in [0.1, 0.15) is 17.2 Å². The molecule has 7 nitrogen and oxygen atoms in total. The summed E-state index contributed by atoms with van der Waals surface area (Å²) in [7, 11) is 3.40. The fourth-order valence-corrected chi connectivity index (χ4v) is 2.11. The summed E-state index contributed by atoms with van der Waals surface area (Å²) in [6.07, 6.45) is 0. The molecule has 1 aliphatic rings. The number of aromatic nitrogens is 2. The van der Waals surface area contributed by atoms with Crippen molar-refractivity contribution in [3.63, 3.8) is 0 Å². The van der Waals surface area contributed by atoms with Crippen LogP contribution in [0.1, 0.15) is 5.69 Å². The third-order valence-corrected chi connectivity index (χ3v) is 3.39. The van der Waals surface area contributed by atoms with Crippen LogP contribution >= 0.6 is 11.5 Å². The van der Waals surface area contributed by atoms with E-state index >= 15 is 0 Å². The van der Waals surface area contributed by atoms with E-state index in [1.54, 1.807) is 14.1 Å². The van der Waals surface area contributed by atoms with Gasteiger partial charge >= 0.3 is 0 Å². The van der Waals surface area contributed by atoms with E-state index < -0.39 is 0 Å². The molecule has 92 valence electrons. The summed E-state index contributed by atoms with van der Waals surface area (Å²) in [6, 6.07) is 0. The number of hydrogen-bond donors (Lipinski definition) is 1. The number of carbonyl (C=O) groups excluding carboxylic acids is 2. The number of hydrogen-bond acceptors (Lipinski definition) is 6.